The van der Waals surface area contributed by atoms with E-state index in [4.69, 9.17) is 5.39 Å². The van der Waals surface area contributed by atoms with E-state index in [1.807, 2.05) is 42.5 Å². The molecule has 0 aliphatic carbocycles. The van der Waals surface area contributed by atoms with Crippen molar-refractivity contribution in [2.45, 2.75) is 0 Å². The summed E-state index contributed by atoms with van der Waals surface area (Å²) >= 11 is 0. The van der Waals surface area contributed by atoms with Gasteiger partial charge in [-0.15, -0.1) is 0 Å². The second-order valence-electron chi connectivity index (χ2n) is 3.51. The molecule has 98 valence electrons. The molecule has 0 aliphatic rings. The van der Waals surface area contributed by atoms with E-state index in [-0.39, 0.29) is 0 Å². The van der Waals surface area contributed by atoms with Crippen molar-refractivity contribution >= 4 is 12.9 Å². The van der Waals surface area contributed by atoms with Gasteiger partial charge in [0.15, 0.2) is 4.98 Å². The lowest BCUT2D eigenvalue weighted by atomic mass is 10.1. The van der Waals surface area contributed by atoms with Crippen LogP contribution in [0.5, 0.6) is 0 Å². The molecule has 2 aromatic carbocycles. The van der Waals surface area contributed by atoms with Crippen LogP contribution in [0.2, 0.25) is 0 Å². The van der Waals surface area contributed by atoms with E-state index in [9.17, 15) is 17.3 Å². The Morgan fingerprint density at radius 3 is 1.58 bits per heavy atom. The summed E-state index contributed by atoms with van der Waals surface area (Å²) in [6.07, 6.45) is 0. The summed E-state index contributed by atoms with van der Waals surface area (Å²) in [5, 5.41) is 8.52. The summed E-state index contributed by atoms with van der Waals surface area (Å²) in [5.74, 6) is 0. The molecule has 0 saturated carbocycles. The first-order valence-corrected chi connectivity index (χ1v) is 5.28. The van der Waals surface area contributed by atoms with Gasteiger partial charge in [-0.25, -0.2) is 0 Å². The van der Waals surface area contributed by atoms with Gasteiger partial charge in [0.1, 0.15) is 0 Å². The molecule has 0 bridgehead atoms. The van der Waals surface area contributed by atoms with E-state index in [2.05, 4.69) is 4.98 Å². The third-order valence-electron chi connectivity index (χ3n) is 2.09. The molecule has 0 amide bonds. The zero-order valence-electron chi connectivity index (χ0n) is 9.68. The molecule has 2 nitrogen and oxygen atoms in total. The molecule has 0 spiro atoms. The van der Waals surface area contributed by atoms with Crippen molar-refractivity contribution in [1.82, 2.24) is 0 Å². The maximum Gasteiger partial charge on any atom is 0.673 e. The van der Waals surface area contributed by atoms with Crippen LogP contribution in [0.15, 0.2) is 54.6 Å². The van der Waals surface area contributed by atoms with Crippen LogP contribution < -0.4 is 0 Å². The van der Waals surface area contributed by atoms with Crippen molar-refractivity contribution in [3.8, 4) is 11.1 Å². The molecule has 7 heteroatoms. The molecule has 2 aromatic rings. The molecule has 0 fully saturated rings. The highest BCUT2D eigenvalue weighted by Crippen LogP contribution is 2.21. The zero-order valence-corrected chi connectivity index (χ0v) is 9.68. The fraction of sp³-hybridized carbons (Fsp3) is 0. The number of benzene rings is 2. The lowest BCUT2D eigenvalue weighted by Gasteiger charge is -1.97. The van der Waals surface area contributed by atoms with Gasteiger partial charge in [0, 0.05) is 12.1 Å². The maximum atomic E-state index is 9.75. The lowest BCUT2D eigenvalue weighted by molar-refractivity contribution is 0.368. The number of rotatable bonds is 1. The van der Waals surface area contributed by atoms with Crippen molar-refractivity contribution < 1.29 is 17.3 Å². The van der Waals surface area contributed by atoms with Gasteiger partial charge in [-0.3, -0.25) is 0 Å². The highest BCUT2D eigenvalue weighted by atomic mass is 19.5. The summed E-state index contributed by atoms with van der Waals surface area (Å²) in [5.41, 5.74) is 2.86. The van der Waals surface area contributed by atoms with Gasteiger partial charge in [0.25, 0.3) is 0 Å². The first kappa shape index (κ1) is 14.7. The largest absolute Gasteiger partial charge is 0.673 e. The fourth-order valence-corrected chi connectivity index (χ4v) is 1.35. The first-order valence-electron chi connectivity index (χ1n) is 5.28. The number of hydrogen-bond donors (Lipinski definition) is 0. The number of hydrogen-bond acceptors (Lipinski definition) is 1. The molecular formula is C12H9BF4N2. The van der Waals surface area contributed by atoms with Crippen molar-refractivity contribution in [1.29, 1.82) is 5.39 Å². The Kier molecular flexibility index (Phi) is 5.06. The normalized spacial score (nSPS) is 10.1. The number of diazo groups is 1. The predicted molar refractivity (Wildman–Crippen MR) is 66.8 cm³/mol. The van der Waals surface area contributed by atoms with E-state index in [1.54, 1.807) is 12.1 Å². The van der Waals surface area contributed by atoms with E-state index < -0.39 is 7.25 Å². The summed E-state index contributed by atoms with van der Waals surface area (Å²) in [7, 11) is -6.00. The van der Waals surface area contributed by atoms with Crippen molar-refractivity contribution in [3.05, 3.63) is 59.6 Å². The van der Waals surface area contributed by atoms with Crippen molar-refractivity contribution in [3.63, 3.8) is 0 Å². The van der Waals surface area contributed by atoms with Gasteiger partial charge in [-0.2, -0.15) is 0 Å². The van der Waals surface area contributed by atoms with E-state index in [0.29, 0.717) is 5.69 Å². The minimum absolute atomic E-state index is 0.574. The molecule has 2 rings (SSSR count). The van der Waals surface area contributed by atoms with Crippen LogP contribution in [0, 0.1) is 5.39 Å². The second kappa shape index (κ2) is 6.54. The summed E-state index contributed by atoms with van der Waals surface area (Å²) in [6, 6.07) is 17.5. The third-order valence-corrected chi connectivity index (χ3v) is 2.09. The van der Waals surface area contributed by atoms with Gasteiger partial charge in [0.05, 0.1) is 0 Å². The van der Waals surface area contributed by atoms with Crippen LogP contribution in [0.1, 0.15) is 0 Å². The second-order valence-corrected chi connectivity index (χ2v) is 3.51. The fourth-order valence-electron chi connectivity index (χ4n) is 1.35. The Bertz CT molecular complexity index is 541. The SMILES string of the molecule is F[B-](F)(F)F.N#[N+]c1ccc(-c2ccccc2)cc1. The Balaban J connectivity index is 0.000000312. The molecule has 0 heterocycles. The van der Waals surface area contributed by atoms with Crippen molar-refractivity contribution in [2.24, 2.45) is 0 Å². The monoisotopic (exact) mass is 268 g/mol. The average Bonchev–Trinajstić information content (AvgIpc) is 2.38. The van der Waals surface area contributed by atoms with Crippen molar-refractivity contribution in [2.75, 3.05) is 0 Å². The molecule has 0 aliphatic heterocycles. The highest BCUT2D eigenvalue weighted by molar-refractivity contribution is 6.50. The zero-order chi connectivity index (χ0) is 14.3. The Morgan fingerprint density at radius 1 is 0.737 bits per heavy atom. The van der Waals surface area contributed by atoms with E-state index >= 15 is 0 Å². The van der Waals surface area contributed by atoms with E-state index in [1.165, 1.54) is 0 Å². The molecule has 0 N–H and O–H groups in total. The highest BCUT2D eigenvalue weighted by Gasteiger charge is 2.20. The Morgan fingerprint density at radius 2 is 1.16 bits per heavy atom. The average molecular weight is 268 g/mol. The van der Waals surface area contributed by atoms with Crippen LogP contribution in [-0.4, -0.2) is 7.25 Å². The maximum absolute atomic E-state index is 9.75. The van der Waals surface area contributed by atoms with Gasteiger partial charge in [0.2, 0.25) is 5.39 Å². The molecule has 0 saturated heterocycles. The molecule has 0 aromatic heterocycles. The Hall–Kier alpha value is -2.36. The third kappa shape index (κ3) is 6.22. The van der Waals surface area contributed by atoms with Gasteiger partial charge in [-0.1, -0.05) is 30.3 Å². The first-order chi connectivity index (χ1) is 8.90. The molecule has 0 radical (unpaired) electrons. The van der Waals surface area contributed by atoms with Gasteiger partial charge >= 0.3 is 12.9 Å². The van der Waals surface area contributed by atoms with Crippen LogP contribution >= 0.6 is 0 Å². The van der Waals surface area contributed by atoms with Crippen LogP contribution in [0.4, 0.5) is 23.0 Å². The lowest BCUT2D eigenvalue weighted by Crippen LogP contribution is -2.02. The number of halogens is 4. The summed E-state index contributed by atoms with van der Waals surface area (Å²) < 4.78 is 39.0. The minimum Gasteiger partial charge on any atom is -0.418 e. The molecule has 0 unspecified atom stereocenters. The predicted octanol–water partition coefficient (Wildman–Crippen LogP) is 5.14. The Labute approximate surface area is 107 Å². The van der Waals surface area contributed by atoms with Gasteiger partial charge in [-0.05, 0) is 23.3 Å². The molecular weight excluding hydrogens is 259 g/mol. The molecule has 0 atom stereocenters. The minimum atomic E-state index is -6.00. The number of nitrogens with zero attached hydrogens (tertiary/aromatic N) is 2. The summed E-state index contributed by atoms with van der Waals surface area (Å²) in [4.78, 5) is 3.11. The standard InChI is InChI=1S/C12H9N2.BF4/c13-14-12-8-6-11(7-9-12)10-4-2-1-3-5-10;2-1(3,4)5/h1-9H;/q+1;-1. The van der Waals surface area contributed by atoms with Gasteiger partial charge < -0.3 is 17.3 Å². The quantitative estimate of drug-likeness (QED) is 0.400. The topological polar surface area (TPSA) is 28.1 Å². The van der Waals surface area contributed by atoms with Crippen LogP contribution in [-0.2, 0) is 0 Å². The summed E-state index contributed by atoms with van der Waals surface area (Å²) in [6.45, 7) is 0. The smallest absolute Gasteiger partial charge is 0.418 e. The molecule has 19 heavy (non-hydrogen) atoms. The van der Waals surface area contributed by atoms with Crippen LogP contribution in [0.3, 0.4) is 0 Å². The van der Waals surface area contributed by atoms with E-state index in [0.717, 1.165) is 11.1 Å². The van der Waals surface area contributed by atoms with Crippen LogP contribution in [0.25, 0.3) is 16.1 Å².